The van der Waals surface area contributed by atoms with Gasteiger partial charge in [-0.05, 0) is 32.4 Å². The van der Waals surface area contributed by atoms with E-state index in [2.05, 4.69) is 31.8 Å². The lowest BCUT2D eigenvalue weighted by molar-refractivity contribution is 0.606. The van der Waals surface area contributed by atoms with Crippen molar-refractivity contribution in [3.63, 3.8) is 0 Å². The van der Waals surface area contributed by atoms with Gasteiger partial charge in [-0.3, -0.25) is 0 Å². The van der Waals surface area contributed by atoms with Crippen molar-refractivity contribution in [2.45, 2.75) is 44.8 Å². The molecule has 0 saturated heterocycles. The van der Waals surface area contributed by atoms with Crippen LogP contribution in [0, 0.1) is 0 Å². The van der Waals surface area contributed by atoms with E-state index in [1.807, 2.05) is 0 Å². The van der Waals surface area contributed by atoms with Gasteiger partial charge in [0.05, 0.1) is 0 Å². The van der Waals surface area contributed by atoms with E-state index in [-0.39, 0.29) is 0 Å². The molecule has 0 rings (SSSR count). The third-order valence-corrected chi connectivity index (χ3v) is 2.22. The highest BCUT2D eigenvalue weighted by Gasteiger charge is 1.99. The highest BCUT2D eigenvalue weighted by molar-refractivity contribution is 7.80. The van der Waals surface area contributed by atoms with Crippen LogP contribution in [0.1, 0.15) is 39.5 Å². The third kappa shape index (κ3) is 8.21. The molecule has 0 spiro atoms. The smallest absolute Gasteiger partial charge is 0.00287 e. The molecule has 0 aromatic heterocycles. The van der Waals surface area contributed by atoms with Crippen molar-refractivity contribution < 1.29 is 0 Å². The van der Waals surface area contributed by atoms with Gasteiger partial charge in [-0.25, -0.2) is 0 Å². The first-order valence-electron chi connectivity index (χ1n) is 4.70. The van der Waals surface area contributed by atoms with Crippen LogP contribution >= 0.6 is 12.6 Å². The summed E-state index contributed by atoms with van der Waals surface area (Å²) in [5.74, 6) is 0. The molecule has 0 amide bonds. The van der Waals surface area contributed by atoms with Crippen molar-refractivity contribution in [1.82, 2.24) is 5.32 Å². The maximum atomic E-state index is 4.47. The number of hydrogen-bond donors (Lipinski definition) is 2. The topological polar surface area (TPSA) is 12.0 Å². The third-order valence-electron chi connectivity index (χ3n) is 1.70. The summed E-state index contributed by atoms with van der Waals surface area (Å²) in [5, 5.41) is 3.98. The van der Waals surface area contributed by atoms with E-state index < -0.39 is 0 Å². The molecule has 2 heteroatoms. The Morgan fingerprint density at radius 3 is 2.36 bits per heavy atom. The van der Waals surface area contributed by atoms with Crippen LogP contribution < -0.4 is 5.32 Å². The molecular weight excluding hydrogens is 154 g/mol. The lowest BCUT2D eigenvalue weighted by Crippen LogP contribution is -2.18. The fraction of sp³-hybridized carbons (Fsp3) is 1.00. The van der Waals surface area contributed by atoms with Crippen LogP contribution in [0.5, 0.6) is 0 Å². The van der Waals surface area contributed by atoms with Crippen LogP contribution in [0.15, 0.2) is 0 Å². The highest BCUT2D eigenvalue weighted by atomic mass is 32.1. The second kappa shape index (κ2) is 8.41. The molecule has 0 aliphatic rings. The van der Waals surface area contributed by atoms with E-state index in [1.54, 1.807) is 0 Å². The first-order valence-corrected chi connectivity index (χ1v) is 5.21. The minimum absolute atomic E-state index is 0.601. The normalized spacial score (nSPS) is 13.4. The largest absolute Gasteiger partial charge is 0.317 e. The Bertz CT molecular complexity index is 76.0. The van der Waals surface area contributed by atoms with Gasteiger partial charge in [-0.2, -0.15) is 12.6 Å². The Labute approximate surface area is 76.4 Å². The van der Waals surface area contributed by atoms with E-state index in [0.29, 0.717) is 5.25 Å². The van der Waals surface area contributed by atoms with Crippen LogP contribution in [0.4, 0.5) is 0 Å². The van der Waals surface area contributed by atoms with E-state index in [4.69, 9.17) is 0 Å². The first-order chi connectivity index (χ1) is 5.31. The number of rotatable bonds is 7. The number of hydrogen-bond acceptors (Lipinski definition) is 2. The molecule has 0 bridgehead atoms. The lowest BCUT2D eigenvalue weighted by Gasteiger charge is -2.08. The van der Waals surface area contributed by atoms with Crippen LogP contribution in [0.2, 0.25) is 0 Å². The molecule has 68 valence electrons. The average molecular weight is 175 g/mol. The van der Waals surface area contributed by atoms with Gasteiger partial charge in [0.1, 0.15) is 0 Å². The van der Waals surface area contributed by atoms with Gasteiger partial charge in [-0.15, -0.1) is 0 Å². The summed E-state index contributed by atoms with van der Waals surface area (Å²) in [4.78, 5) is 0. The van der Waals surface area contributed by atoms with Crippen LogP contribution in [0.3, 0.4) is 0 Å². The van der Waals surface area contributed by atoms with Gasteiger partial charge in [0.2, 0.25) is 0 Å². The van der Waals surface area contributed by atoms with Gasteiger partial charge >= 0.3 is 0 Å². The van der Waals surface area contributed by atoms with Crippen LogP contribution in [0.25, 0.3) is 0 Å². The number of nitrogens with one attached hydrogen (secondary N) is 1. The Morgan fingerprint density at radius 2 is 1.82 bits per heavy atom. The molecular formula is C9H21NS. The molecule has 0 saturated carbocycles. The maximum absolute atomic E-state index is 4.47. The second-order valence-corrected chi connectivity index (χ2v) is 3.71. The molecule has 1 N–H and O–H groups in total. The predicted molar refractivity (Wildman–Crippen MR) is 55.5 cm³/mol. The van der Waals surface area contributed by atoms with Gasteiger partial charge in [0.25, 0.3) is 0 Å². The zero-order valence-corrected chi connectivity index (χ0v) is 8.66. The monoisotopic (exact) mass is 175 g/mol. The molecule has 0 fully saturated rings. The highest BCUT2D eigenvalue weighted by Crippen LogP contribution is 2.07. The molecule has 0 aliphatic heterocycles. The minimum Gasteiger partial charge on any atom is -0.317 e. The van der Waals surface area contributed by atoms with Crippen molar-refractivity contribution in [1.29, 1.82) is 0 Å². The summed E-state index contributed by atoms with van der Waals surface area (Å²) in [6.45, 7) is 6.68. The van der Waals surface area contributed by atoms with Gasteiger partial charge < -0.3 is 5.32 Å². The average Bonchev–Trinajstić information content (AvgIpc) is 1.99. The molecule has 1 atom stereocenters. The maximum Gasteiger partial charge on any atom is 0.00287 e. The van der Waals surface area contributed by atoms with Gasteiger partial charge in [0, 0.05) is 5.25 Å². The van der Waals surface area contributed by atoms with E-state index in [1.165, 1.54) is 25.7 Å². The molecule has 1 nitrogen and oxygen atoms in total. The van der Waals surface area contributed by atoms with Crippen molar-refractivity contribution >= 4 is 12.6 Å². The number of thiol groups is 1. The fourth-order valence-electron chi connectivity index (χ4n) is 1.05. The molecule has 0 aromatic carbocycles. The molecule has 11 heavy (non-hydrogen) atoms. The standard InChI is InChI=1S/C9H21NS/c1-3-5-9(11)6-8-10-7-4-2/h9-11H,3-8H2,1-2H3. The summed E-state index contributed by atoms with van der Waals surface area (Å²) in [7, 11) is 0. The summed E-state index contributed by atoms with van der Waals surface area (Å²) in [6.07, 6.45) is 4.93. The van der Waals surface area contributed by atoms with Crippen LogP contribution in [-0.4, -0.2) is 18.3 Å². The Balaban J connectivity index is 2.97. The zero-order valence-electron chi connectivity index (χ0n) is 7.77. The van der Waals surface area contributed by atoms with Crippen molar-refractivity contribution in [3.05, 3.63) is 0 Å². The van der Waals surface area contributed by atoms with Crippen molar-refractivity contribution in [3.8, 4) is 0 Å². The van der Waals surface area contributed by atoms with Gasteiger partial charge in [0.15, 0.2) is 0 Å². The van der Waals surface area contributed by atoms with E-state index in [0.717, 1.165) is 13.1 Å². The summed E-state index contributed by atoms with van der Waals surface area (Å²) < 4.78 is 0. The fourth-order valence-corrected chi connectivity index (χ4v) is 1.44. The predicted octanol–water partition coefficient (Wildman–Crippen LogP) is 2.47. The Kier molecular flexibility index (Phi) is 8.64. The molecule has 0 aliphatic carbocycles. The lowest BCUT2D eigenvalue weighted by atomic mass is 10.2. The second-order valence-electron chi connectivity index (χ2n) is 2.98. The summed E-state index contributed by atoms with van der Waals surface area (Å²) in [6, 6.07) is 0. The molecule has 1 unspecified atom stereocenters. The van der Waals surface area contributed by atoms with E-state index in [9.17, 15) is 0 Å². The van der Waals surface area contributed by atoms with Crippen molar-refractivity contribution in [2.24, 2.45) is 0 Å². The van der Waals surface area contributed by atoms with Crippen LogP contribution in [-0.2, 0) is 0 Å². The Hall–Kier alpha value is 0.310. The summed E-state index contributed by atoms with van der Waals surface area (Å²) >= 11 is 4.47. The minimum atomic E-state index is 0.601. The SMILES string of the molecule is CCCNCCC(S)CCC. The zero-order chi connectivity index (χ0) is 8.53. The molecule has 0 heterocycles. The molecule has 0 aromatic rings. The molecule has 0 radical (unpaired) electrons. The summed E-state index contributed by atoms with van der Waals surface area (Å²) in [5.41, 5.74) is 0. The van der Waals surface area contributed by atoms with Gasteiger partial charge in [-0.1, -0.05) is 20.3 Å². The Morgan fingerprint density at radius 1 is 1.09 bits per heavy atom. The van der Waals surface area contributed by atoms with E-state index >= 15 is 0 Å². The first kappa shape index (κ1) is 11.3. The quantitative estimate of drug-likeness (QED) is 0.447. The van der Waals surface area contributed by atoms with Crippen molar-refractivity contribution in [2.75, 3.05) is 13.1 Å².